The monoisotopic (exact) mass is 296 g/mol. The number of carbonyl (C=O) groups is 1. The van der Waals surface area contributed by atoms with Gasteiger partial charge in [0, 0.05) is 6.04 Å². The van der Waals surface area contributed by atoms with Crippen LogP contribution in [0.2, 0.25) is 0 Å². The van der Waals surface area contributed by atoms with Crippen molar-refractivity contribution in [3.8, 4) is 0 Å². The zero-order valence-corrected chi connectivity index (χ0v) is 14.0. The Bertz CT molecular complexity index is 348. The molecule has 4 heteroatoms. The molecule has 1 aliphatic heterocycles. The van der Waals surface area contributed by atoms with Crippen molar-refractivity contribution >= 4 is 5.97 Å². The molecule has 3 atom stereocenters. The summed E-state index contributed by atoms with van der Waals surface area (Å²) in [5, 5.41) is 3.29. The summed E-state index contributed by atoms with van der Waals surface area (Å²) in [6, 6.07) is 0.529. The van der Waals surface area contributed by atoms with Crippen LogP contribution in [0.4, 0.5) is 0 Å². The number of likely N-dealkylation sites (N-methyl/N-ethyl adjacent to an activating group) is 1. The van der Waals surface area contributed by atoms with Gasteiger partial charge in [0.05, 0.1) is 6.61 Å². The molecule has 0 bridgehead atoms. The van der Waals surface area contributed by atoms with Crippen molar-refractivity contribution in [2.24, 2.45) is 5.92 Å². The molecule has 3 unspecified atom stereocenters. The molecule has 1 saturated carbocycles. The van der Waals surface area contributed by atoms with Gasteiger partial charge >= 0.3 is 5.97 Å². The molecule has 21 heavy (non-hydrogen) atoms. The maximum absolute atomic E-state index is 12.4. The minimum atomic E-state index is -0.461. The molecule has 0 radical (unpaired) electrons. The third kappa shape index (κ3) is 3.98. The Hall–Kier alpha value is -0.610. The number of nitrogens with zero attached hydrogens (tertiary/aromatic N) is 1. The van der Waals surface area contributed by atoms with Crippen molar-refractivity contribution in [2.75, 3.05) is 26.7 Å². The Morgan fingerprint density at radius 1 is 1.29 bits per heavy atom. The normalized spacial score (nSPS) is 35.2. The number of rotatable bonds is 4. The van der Waals surface area contributed by atoms with E-state index in [2.05, 4.69) is 17.1 Å². The number of nitrogens with one attached hydrogen (secondary N) is 1. The van der Waals surface area contributed by atoms with Crippen LogP contribution < -0.4 is 5.32 Å². The molecule has 2 aliphatic rings. The first-order valence-electron chi connectivity index (χ1n) is 8.71. The summed E-state index contributed by atoms with van der Waals surface area (Å²) >= 11 is 0. The predicted octanol–water partition coefficient (Wildman–Crippen LogP) is 2.57. The van der Waals surface area contributed by atoms with E-state index in [4.69, 9.17) is 4.74 Å². The summed E-state index contributed by atoms with van der Waals surface area (Å²) in [6.07, 6.45) is 8.07. The molecule has 0 aromatic heterocycles. The second-order valence-electron chi connectivity index (χ2n) is 6.87. The van der Waals surface area contributed by atoms with Crippen LogP contribution in [0.5, 0.6) is 0 Å². The van der Waals surface area contributed by atoms with Gasteiger partial charge in [-0.25, -0.2) is 0 Å². The fourth-order valence-corrected chi connectivity index (χ4v) is 3.99. The first-order valence-corrected chi connectivity index (χ1v) is 8.71. The Labute approximate surface area is 129 Å². The lowest BCUT2D eigenvalue weighted by Crippen LogP contribution is -2.58. The quantitative estimate of drug-likeness (QED) is 0.810. The zero-order valence-electron chi connectivity index (χ0n) is 14.0. The molecular formula is C17H32N2O2. The van der Waals surface area contributed by atoms with E-state index in [1.807, 2.05) is 14.0 Å². The maximum atomic E-state index is 12.4. The van der Waals surface area contributed by atoms with Gasteiger partial charge in [-0.1, -0.05) is 6.92 Å². The highest BCUT2D eigenvalue weighted by Gasteiger charge is 2.44. The van der Waals surface area contributed by atoms with E-state index < -0.39 is 5.54 Å². The summed E-state index contributed by atoms with van der Waals surface area (Å²) in [5.41, 5.74) is -0.461. The molecule has 4 nitrogen and oxygen atoms in total. The van der Waals surface area contributed by atoms with Crippen LogP contribution >= 0.6 is 0 Å². The first-order chi connectivity index (χ1) is 10.1. The number of carbonyl (C=O) groups excluding carboxylic acids is 1. The summed E-state index contributed by atoms with van der Waals surface area (Å²) in [6.45, 7) is 7.10. The zero-order chi connectivity index (χ0) is 15.3. The predicted molar refractivity (Wildman–Crippen MR) is 85.3 cm³/mol. The standard InChI is InChI=1S/C17H32N2O2/c1-4-21-16(20)17(18-3)10-5-8-15(13-17)19-11-6-7-14(2)9-12-19/h14-15,18H,4-13H2,1-3H3. The van der Waals surface area contributed by atoms with Crippen molar-refractivity contribution in [3.05, 3.63) is 0 Å². The van der Waals surface area contributed by atoms with E-state index in [9.17, 15) is 4.79 Å². The number of likely N-dealkylation sites (tertiary alicyclic amines) is 1. The molecule has 1 saturated heterocycles. The van der Waals surface area contributed by atoms with Crippen molar-refractivity contribution in [3.63, 3.8) is 0 Å². The van der Waals surface area contributed by atoms with Crippen molar-refractivity contribution in [2.45, 2.75) is 70.4 Å². The highest BCUT2D eigenvalue weighted by Crippen LogP contribution is 2.33. The van der Waals surface area contributed by atoms with E-state index in [0.717, 1.165) is 25.2 Å². The van der Waals surface area contributed by atoms with Gasteiger partial charge in [-0.05, 0) is 77.9 Å². The van der Waals surface area contributed by atoms with Crippen LogP contribution in [-0.2, 0) is 9.53 Å². The molecule has 0 amide bonds. The second-order valence-corrected chi connectivity index (χ2v) is 6.87. The van der Waals surface area contributed by atoms with Crippen LogP contribution in [0, 0.1) is 5.92 Å². The highest BCUT2D eigenvalue weighted by atomic mass is 16.5. The van der Waals surface area contributed by atoms with Crippen LogP contribution in [0.1, 0.15) is 58.8 Å². The summed E-state index contributed by atoms with van der Waals surface area (Å²) in [4.78, 5) is 15.0. The van der Waals surface area contributed by atoms with Crippen LogP contribution in [0.15, 0.2) is 0 Å². The van der Waals surface area contributed by atoms with Gasteiger partial charge in [0.15, 0.2) is 0 Å². The van der Waals surface area contributed by atoms with E-state index in [1.54, 1.807) is 0 Å². The Morgan fingerprint density at radius 2 is 2.10 bits per heavy atom. The molecule has 0 aromatic rings. The average Bonchev–Trinajstić information content (AvgIpc) is 2.72. The van der Waals surface area contributed by atoms with Crippen LogP contribution in [0.3, 0.4) is 0 Å². The lowest BCUT2D eigenvalue weighted by Gasteiger charge is -2.43. The molecule has 122 valence electrons. The summed E-state index contributed by atoms with van der Waals surface area (Å²) < 4.78 is 5.33. The highest BCUT2D eigenvalue weighted by molar-refractivity contribution is 5.81. The third-order valence-electron chi connectivity index (χ3n) is 5.44. The first kappa shape index (κ1) is 16.8. The van der Waals surface area contributed by atoms with Crippen molar-refractivity contribution in [1.82, 2.24) is 10.2 Å². The van der Waals surface area contributed by atoms with Crippen molar-refractivity contribution < 1.29 is 9.53 Å². The van der Waals surface area contributed by atoms with Gasteiger partial charge in [0.1, 0.15) is 5.54 Å². The molecule has 1 N–H and O–H groups in total. The average molecular weight is 296 g/mol. The summed E-state index contributed by atoms with van der Waals surface area (Å²) in [5.74, 6) is 0.790. The largest absolute Gasteiger partial charge is 0.465 e. The van der Waals surface area contributed by atoms with Crippen molar-refractivity contribution in [1.29, 1.82) is 0 Å². The van der Waals surface area contributed by atoms with Gasteiger partial charge < -0.3 is 15.0 Å². The fourth-order valence-electron chi connectivity index (χ4n) is 3.99. The Kier molecular flexibility index (Phi) is 6.06. The number of hydrogen-bond acceptors (Lipinski definition) is 4. The fraction of sp³-hybridized carbons (Fsp3) is 0.941. The second kappa shape index (κ2) is 7.59. The van der Waals surface area contributed by atoms with E-state index in [-0.39, 0.29) is 5.97 Å². The lowest BCUT2D eigenvalue weighted by molar-refractivity contribution is -0.153. The third-order valence-corrected chi connectivity index (χ3v) is 5.44. The molecule has 1 aliphatic carbocycles. The summed E-state index contributed by atoms with van der Waals surface area (Å²) in [7, 11) is 1.91. The van der Waals surface area contributed by atoms with Gasteiger partial charge in [-0.2, -0.15) is 0 Å². The van der Waals surface area contributed by atoms with E-state index in [1.165, 1.54) is 38.8 Å². The van der Waals surface area contributed by atoms with Gasteiger partial charge in [0.2, 0.25) is 0 Å². The molecular weight excluding hydrogens is 264 g/mol. The minimum absolute atomic E-state index is 0.0552. The molecule has 2 fully saturated rings. The maximum Gasteiger partial charge on any atom is 0.326 e. The van der Waals surface area contributed by atoms with Gasteiger partial charge in [-0.15, -0.1) is 0 Å². The van der Waals surface area contributed by atoms with Crippen LogP contribution in [0.25, 0.3) is 0 Å². The lowest BCUT2D eigenvalue weighted by atomic mass is 9.78. The minimum Gasteiger partial charge on any atom is -0.465 e. The molecule has 2 rings (SSSR count). The number of ether oxygens (including phenoxy) is 1. The Morgan fingerprint density at radius 3 is 2.81 bits per heavy atom. The number of esters is 1. The van der Waals surface area contributed by atoms with Gasteiger partial charge in [0.25, 0.3) is 0 Å². The SMILES string of the molecule is CCOC(=O)C1(NC)CCCC(N2CCCC(C)CC2)C1. The van der Waals surface area contributed by atoms with Crippen LogP contribution in [-0.4, -0.2) is 49.2 Å². The van der Waals surface area contributed by atoms with Gasteiger partial charge in [-0.3, -0.25) is 4.79 Å². The smallest absolute Gasteiger partial charge is 0.326 e. The van der Waals surface area contributed by atoms with E-state index >= 15 is 0 Å². The number of hydrogen-bond donors (Lipinski definition) is 1. The molecule has 0 aromatic carbocycles. The molecule has 0 spiro atoms. The van der Waals surface area contributed by atoms with E-state index in [0.29, 0.717) is 12.6 Å². The topological polar surface area (TPSA) is 41.6 Å². The Balaban J connectivity index is 2.03. The molecule has 1 heterocycles.